The summed E-state index contributed by atoms with van der Waals surface area (Å²) in [6, 6.07) is 66.2. The fraction of sp³-hybridized carbons (Fsp3) is 0.0545. The first-order chi connectivity index (χ1) is 28.5. The standard InChI is InChI=1S/C55H37N3/c1-55(2)48-31-37(36-13-11-12-35(30-36)34-22-26-39(27-23-34)58-51-20-9-7-16-44(51)45-17-8-10-21-52(45)58)24-28-42(48)43-29-25-38(32-49(43)55)50-33-56-53-46-18-5-3-14-40(46)41-15-4-6-19-47(41)54(53)57-50/h3-33H,1-2H3. The van der Waals surface area contributed by atoms with Crippen molar-refractivity contribution in [2.24, 2.45) is 0 Å². The highest BCUT2D eigenvalue weighted by atomic mass is 15.0. The normalized spacial score (nSPS) is 13.1. The number of para-hydroxylation sites is 2. The highest BCUT2D eigenvalue weighted by Gasteiger charge is 2.36. The van der Waals surface area contributed by atoms with Crippen LogP contribution < -0.4 is 0 Å². The number of hydrogen-bond donors (Lipinski definition) is 0. The Hall–Kier alpha value is -7.36. The van der Waals surface area contributed by atoms with Crippen molar-refractivity contribution < 1.29 is 0 Å². The summed E-state index contributed by atoms with van der Waals surface area (Å²) < 4.78 is 2.37. The molecule has 9 aromatic carbocycles. The highest BCUT2D eigenvalue weighted by Crippen LogP contribution is 2.51. The van der Waals surface area contributed by atoms with E-state index in [1.807, 2.05) is 6.20 Å². The zero-order valence-corrected chi connectivity index (χ0v) is 32.2. The van der Waals surface area contributed by atoms with E-state index in [1.54, 1.807) is 0 Å². The van der Waals surface area contributed by atoms with Gasteiger partial charge in [-0.1, -0.05) is 153 Å². The predicted molar refractivity (Wildman–Crippen MR) is 243 cm³/mol. The summed E-state index contributed by atoms with van der Waals surface area (Å²) in [5, 5.41) is 7.23. The minimum Gasteiger partial charge on any atom is -0.309 e. The van der Waals surface area contributed by atoms with Gasteiger partial charge in [0.05, 0.1) is 34.0 Å². The van der Waals surface area contributed by atoms with Gasteiger partial charge in [0.2, 0.25) is 0 Å². The average molecular weight is 740 g/mol. The van der Waals surface area contributed by atoms with Crippen LogP contribution in [0.3, 0.4) is 0 Å². The van der Waals surface area contributed by atoms with E-state index in [0.717, 1.165) is 38.8 Å². The summed E-state index contributed by atoms with van der Waals surface area (Å²) in [6.07, 6.45) is 1.95. The van der Waals surface area contributed by atoms with E-state index in [0.29, 0.717) is 0 Å². The third kappa shape index (κ3) is 4.80. The van der Waals surface area contributed by atoms with Crippen LogP contribution in [0.25, 0.3) is 105 Å². The van der Waals surface area contributed by atoms with Crippen LogP contribution in [-0.2, 0) is 5.41 Å². The first-order valence-corrected chi connectivity index (χ1v) is 20.1. The van der Waals surface area contributed by atoms with Gasteiger partial charge in [-0.3, -0.25) is 4.98 Å². The molecule has 0 bridgehead atoms. The van der Waals surface area contributed by atoms with E-state index < -0.39 is 0 Å². The maximum absolute atomic E-state index is 5.31. The van der Waals surface area contributed by atoms with Crippen molar-refractivity contribution in [2.75, 3.05) is 0 Å². The Morgan fingerprint density at radius 2 is 0.879 bits per heavy atom. The Labute approximate surface area is 336 Å². The van der Waals surface area contributed by atoms with Crippen molar-refractivity contribution >= 4 is 54.4 Å². The SMILES string of the molecule is CC1(C)c2cc(-c3cccc(-c4ccc(-n5c6ccccc6c6ccccc65)cc4)c3)ccc2-c2ccc(-c3cnc4c5ccccc5c5ccccc5c4n3)cc21. The second-order valence-electron chi connectivity index (χ2n) is 16.2. The van der Waals surface area contributed by atoms with Gasteiger partial charge in [-0.25, -0.2) is 4.98 Å². The molecule has 0 saturated carbocycles. The van der Waals surface area contributed by atoms with E-state index >= 15 is 0 Å². The maximum atomic E-state index is 5.31. The van der Waals surface area contributed by atoms with Gasteiger partial charge < -0.3 is 4.57 Å². The van der Waals surface area contributed by atoms with Crippen molar-refractivity contribution in [3.63, 3.8) is 0 Å². The maximum Gasteiger partial charge on any atom is 0.0979 e. The van der Waals surface area contributed by atoms with E-state index in [-0.39, 0.29) is 5.41 Å². The van der Waals surface area contributed by atoms with Crippen LogP contribution in [0.2, 0.25) is 0 Å². The van der Waals surface area contributed by atoms with Gasteiger partial charge in [-0.05, 0) is 97.7 Å². The second-order valence-corrected chi connectivity index (χ2v) is 16.2. The van der Waals surface area contributed by atoms with Crippen molar-refractivity contribution in [3.8, 4) is 50.3 Å². The van der Waals surface area contributed by atoms with Crippen molar-refractivity contribution in [2.45, 2.75) is 19.3 Å². The minimum atomic E-state index is -0.190. The molecule has 0 aliphatic heterocycles. The zero-order valence-electron chi connectivity index (χ0n) is 32.2. The van der Waals surface area contributed by atoms with E-state index in [1.165, 1.54) is 77.1 Å². The number of aromatic nitrogens is 3. The van der Waals surface area contributed by atoms with E-state index in [9.17, 15) is 0 Å². The monoisotopic (exact) mass is 739 g/mol. The third-order valence-electron chi connectivity index (χ3n) is 12.6. The lowest BCUT2D eigenvalue weighted by Gasteiger charge is -2.22. The second kappa shape index (κ2) is 12.3. The van der Waals surface area contributed by atoms with Gasteiger partial charge >= 0.3 is 0 Å². The van der Waals surface area contributed by atoms with Crippen LogP contribution in [0.15, 0.2) is 188 Å². The largest absolute Gasteiger partial charge is 0.309 e. The lowest BCUT2D eigenvalue weighted by molar-refractivity contribution is 0.661. The Morgan fingerprint density at radius 3 is 1.52 bits per heavy atom. The smallest absolute Gasteiger partial charge is 0.0979 e. The van der Waals surface area contributed by atoms with Crippen molar-refractivity contribution in [1.82, 2.24) is 14.5 Å². The summed E-state index contributed by atoms with van der Waals surface area (Å²) in [5.41, 5.74) is 17.4. The van der Waals surface area contributed by atoms with Crippen LogP contribution in [0.5, 0.6) is 0 Å². The van der Waals surface area contributed by atoms with Gasteiger partial charge in [-0.2, -0.15) is 0 Å². The molecule has 0 N–H and O–H groups in total. The molecule has 272 valence electrons. The lowest BCUT2D eigenvalue weighted by Crippen LogP contribution is -2.15. The molecule has 1 aliphatic carbocycles. The Balaban J connectivity index is 0.881. The molecule has 0 unspecified atom stereocenters. The topological polar surface area (TPSA) is 30.7 Å². The summed E-state index contributed by atoms with van der Waals surface area (Å²) in [5.74, 6) is 0. The van der Waals surface area contributed by atoms with Crippen LogP contribution in [0.4, 0.5) is 0 Å². The number of rotatable bonds is 4. The average Bonchev–Trinajstić information content (AvgIpc) is 3.74. The number of hydrogen-bond acceptors (Lipinski definition) is 2. The number of fused-ring (bicyclic) bond motifs is 12. The number of nitrogens with zero attached hydrogens (tertiary/aromatic N) is 3. The summed E-state index contributed by atoms with van der Waals surface area (Å²) in [6.45, 7) is 4.71. The van der Waals surface area contributed by atoms with Gasteiger partial charge in [0.1, 0.15) is 0 Å². The summed E-state index contributed by atoms with van der Waals surface area (Å²) in [4.78, 5) is 10.4. The quantitative estimate of drug-likeness (QED) is 0.168. The third-order valence-corrected chi connectivity index (χ3v) is 12.6. The van der Waals surface area contributed by atoms with E-state index in [4.69, 9.17) is 9.97 Å². The highest BCUT2D eigenvalue weighted by molar-refractivity contribution is 6.23. The van der Waals surface area contributed by atoms with Gasteiger partial charge in [-0.15, -0.1) is 0 Å². The lowest BCUT2D eigenvalue weighted by atomic mass is 9.81. The number of benzene rings is 9. The molecule has 1 aliphatic rings. The van der Waals surface area contributed by atoms with Crippen LogP contribution in [-0.4, -0.2) is 14.5 Å². The molecule has 0 radical (unpaired) electrons. The molecule has 3 nitrogen and oxygen atoms in total. The molecule has 0 spiro atoms. The molecule has 12 rings (SSSR count). The summed E-state index contributed by atoms with van der Waals surface area (Å²) >= 11 is 0. The van der Waals surface area contributed by atoms with Crippen LogP contribution in [0.1, 0.15) is 25.0 Å². The molecule has 3 heteroatoms. The predicted octanol–water partition coefficient (Wildman–Crippen LogP) is 14.3. The van der Waals surface area contributed by atoms with Crippen LogP contribution >= 0.6 is 0 Å². The molecule has 11 aromatic rings. The van der Waals surface area contributed by atoms with Crippen LogP contribution in [0, 0.1) is 0 Å². The molecule has 0 saturated heterocycles. The first-order valence-electron chi connectivity index (χ1n) is 20.1. The minimum absolute atomic E-state index is 0.190. The van der Waals surface area contributed by atoms with Gasteiger partial charge in [0, 0.05) is 38.2 Å². The molecular weight excluding hydrogens is 703 g/mol. The van der Waals surface area contributed by atoms with Crippen molar-refractivity contribution in [3.05, 3.63) is 199 Å². The molecule has 58 heavy (non-hydrogen) atoms. The van der Waals surface area contributed by atoms with Crippen molar-refractivity contribution in [1.29, 1.82) is 0 Å². The van der Waals surface area contributed by atoms with E-state index in [2.05, 4.69) is 200 Å². The summed E-state index contributed by atoms with van der Waals surface area (Å²) in [7, 11) is 0. The molecule has 0 atom stereocenters. The fourth-order valence-corrected chi connectivity index (χ4v) is 9.72. The Bertz CT molecular complexity index is 3390. The fourth-order valence-electron chi connectivity index (χ4n) is 9.72. The zero-order chi connectivity index (χ0) is 38.5. The Morgan fingerprint density at radius 1 is 0.397 bits per heavy atom. The van der Waals surface area contributed by atoms with Gasteiger partial charge in [0.15, 0.2) is 0 Å². The molecule has 0 fully saturated rings. The Kier molecular flexibility index (Phi) is 6.98. The first kappa shape index (κ1) is 32.8. The van der Waals surface area contributed by atoms with Gasteiger partial charge in [0.25, 0.3) is 0 Å². The molecular formula is C55H37N3. The molecule has 0 amide bonds. The molecule has 2 heterocycles. The molecule has 2 aromatic heterocycles.